The number of nitrogens with zero attached hydrogens (tertiary/aromatic N) is 2. The van der Waals surface area contributed by atoms with Crippen LogP contribution < -0.4 is 4.57 Å². The van der Waals surface area contributed by atoms with Crippen LogP contribution in [0.4, 0.5) is 0 Å². The molecule has 2 rings (SSSR count). The summed E-state index contributed by atoms with van der Waals surface area (Å²) >= 11 is 0. The van der Waals surface area contributed by atoms with Crippen LogP contribution in [0.2, 0.25) is 0 Å². The van der Waals surface area contributed by atoms with E-state index in [1.165, 1.54) is 70.4 Å². The highest BCUT2D eigenvalue weighted by atomic mass is 16.5. The first kappa shape index (κ1) is 19.9. The van der Waals surface area contributed by atoms with Crippen molar-refractivity contribution in [1.82, 2.24) is 4.90 Å². The molecule has 0 spiro atoms. The molecule has 1 saturated heterocycles. The highest BCUT2D eigenvalue weighted by molar-refractivity contribution is 5.65. The van der Waals surface area contributed by atoms with Crippen LogP contribution in [0.3, 0.4) is 0 Å². The second-order valence-corrected chi connectivity index (χ2v) is 7.33. The molecule has 0 aliphatic carbocycles. The van der Waals surface area contributed by atoms with Crippen molar-refractivity contribution in [3.8, 4) is 0 Å². The standard InChI is InChI=1S/C21H35N2O2/c1-19(24)25-17-9-7-5-3-4-6-8-15-23-16-10-12-20(18-23)21-13-11-14-22(21)2/h10,12,16,18,21H,3-9,11,13-15,17H2,1-2H3/q+1/t21-/m0/s1. The van der Waals surface area contributed by atoms with Gasteiger partial charge in [-0.05, 0) is 45.3 Å². The molecule has 4 nitrogen and oxygen atoms in total. The topological polar surface area (TPSA) is 33.4 Å². The van der Waals surface area contributed by atoms with Gasteiger partial charge in [0.15, 0.2) is 12.4 Å². The summed E-state index contributed by atoms with van der Waals surface area (Å²) < 4.78 is 7.31. The first-order valence-corrected chi connectivity index (χ1v) is 9.99. The molecule has 1 aliphatic heterocycles. The van der Waals surface area contributed by atoms with E-state index in [2.05, 4.69) is 41.0 Å². The molecular weight excluding hydrogens is 312 g/mol. The Kier molecular flexibility index (Phi) is 8.95. The number of rotatable bonds is 11. The van der Waals surface area contributed by atoms with Crippen molar-refractivity contribution < 1.29 is 14.1 Å². The maximum Gasteiger partial charge on any atom is 0.302 e. The van der Waals surface area contributed by atoms with Crippen molar-refractivity contribution in [1.29, 1.82) is 0 Å². The van der Waals surface area contributed by atoms with Gasteiger partial charge in [0.2, 0.25) is 0 Å². The van der Waals surface area contributed by atoms with Gasteiger partial charge in [-0.2, -0.15) is 0 Å². The Bertz CT molecular complexity index is 518. The summed E-state index contributed by atoms with van der Waals surface area (Å²) in [5.41, 5.74) is 1.47. The van der Waals surface area contributed by atoms with Crippen molar-refractivity contribution in [3.05, 3.63) is 30.1 Å². The number of hydrogen-bond donors (Lipinski definition) is 0. The van der Waals surface area contributed by atoms with Crippen LogP contribution >= 0.6 is 0 Å². The molecule has 4 heteroatoms. The second kappa shape index (κ2) is 11.2. The number of likely N-dealkylation sites (tertiary alicyclic amines) is 1. The zero-order valence-corrected chi connectivity index (χ0v) is 16.1. The molecule has 1 atom stereocenters. The fraction of sp³-hybridized carbons (Fsp3) is 0.714. The molecule has 0 unspecified atom stereocenters. The van der Waals surface area contributed by atoms with Crippen LogP contribution in [-0.4, -0.2) is 31.1 Å². The first-order valence-electron chi connectivity index (χ1n) is 9.99. The minimum absolute atomic E-state index is 0.166. The monoisotopic (exact) mass is 347 g/mol. The smallest absolute Gasteiger partial charge is 0.302 e. The van der Waals surface area contributed by atoms with Crippen LogP contribution in [0.15, 0.2) is 24.5 Å². The molecule has 140 valence electrons. The maximum absolute atomic E-state index is 10.7. The first-order chi connectivity index (χ1) is 12.2. The molecule has 0 aromatic carbocycles. The van der Waals surface area contributed by atoms with Gasteiger partial charge in [-0.15, -0.1) is 0 Å². The van der Waals surface area contributed by atoms with Crippen LogP contribution in [-0.2, 0) is 16.1 Å². The SMILES string of the molecule is CC(=O)OCCCCCCCCC[n+]1cccc([C@@H]2CCCN2C)c1. The van der Waals surface area contributed by atoms with Crippen LogP contribution in [0.25, 0.3) is 0 Å². The maximum atomic E-state index is 10.7. The molecule has 0 saturated carbocycles. The zero-order valence-electron chi connectivity index (χ0n) is 16.1. The van der Waals surface area contributed by atoms with Gasteiger partial charge < -0.3 is 4.74 Å². The molecule has 0 radical (unpaired) electrons. The third-order valence-electron chi connectivity index (χ3n) is 5.15. The average Bonchev–Trinajstić information content (AvgIpc) is 3.02. The van der Waals surface area contributed by atoms with E-state index >= 15 is 0 Å². The summed E-state index contributed by atoms with van der Waals surface area (Å²) in [4.78, 5) is 13.1. The summed E-state index contributed by atoms with van der Waals surface area (Å²) in [7, 11) is 2.24. The summed E-state index contributed by atoms with van der Waals surface area (Å²) in [5, 5.41) is 0. The van der Waals surface area contributed by atoms with E-state index in [0.717, 1.165) is 13.0 Å². The Morgan fingerprint density at radius 1 is 1.20 bits per heavy atom. The molecule has 1 fully saturated rings. The third-order valence-corrected chi connectivity index (χ3v) is 5.15. The van der Waals surface area contributed by atoms with Gasteiger partial charge in [-0.3, -0.25) is 9.69 Å². The van der Waals surface area contributed by atoms with Gasteiger partial charge in [0.25, 0.3) is 0 Å². The van der Waals surface area contributed by atoms with Crippen LogP contribution in [0, 0.1) is 0 Å². The van der Waals surface area contributed by atoms with Crippen molar-refractivity contribution in [3.63, 3.8) is 0 Å². The minimum atomic E-state index is -0.166. The molecule has 1 aromatic heterocycles. The van der Waals surface area contributed by atoms with Crippen molar-refractivity contribution >= 4 is 5.97 Å². The third kappa shape index (κ3) is 7.55. The molecule has 1 aromatic rings. The van der Waals surface area contributed by atoms with E-state index < -0.39 is 0 Å². The number of esters is 1. The van der Waals surface area contributed by atoms with E-state index in [4.69, 9.17) is 4.74 Å². The van der Waals surface area contributed by atoms with Gasteiger partial charge in [0.1, 0.15) is 6.54 Å². The number of unbranched alkanes of at least 4 members (excludes halogenated alkanes) is 6. The van der Waals surface area contributed by atoms with Gasteiger partial charge in [-0.25, -0.2) is 4.57 Å². The molecule has 0 amide bonds. The van der Waals surface area contributed by atoms with E-state index in [1.54, 1.807) is 0 Å². The van der Waals surface area contributed by atoms with Gasteiger partial charge in [-0.1, -0.05) is 25.7 Å². The number of hydrogen-bond acceptors (Lipinski definition) is 3. The highest BCUT2D eigenvalue weighted by Crippen LogP contribution is 2.29. The van der Waals surface area contributed by atoms with E-state index in [9.17, 15) is 4.79 Å². The lowest BCUT2D eigenvalue weighted by Gasteiger charge is -2.18. The van der Waals surface area contributed by atoms with Gasteiger partial charge in [0.05, 0.1) is 6.61 Å². The zero-order chi connectivity index (χ0) is 17.9. The summed E-state index contributed by atoms with van der Waals surface area (Å²) in [6.07, 6.45) is 15.7. The summed E-state index contributed by atoms with van der Waals surface area (Å²) in [6.45, 7) is 4.40. The number of aryl methyl sites for hydroxylation is 1. The normalized spacial score (nSPS) is 17.8. The Morgan fingerprint density at radius 3 is 2.60 bits per heavy atom. The molecule has 0 bridgehead atoms. The molecule has 25 heavy (non-hydrogen) atoms. The number of pyridine rings is 1. The number of aromatic nitrogens is 1. The number of carbonyl (C=O) groups excluding carboxylic acids is 1. The molecule has 0 N–H and O–H groups in total. The van der Waals surface area contributed by atoms with Crippen molar-refractivity contribution in [2.75, 3.05) is 20.2 Å². The lowest BCUT2D eigenvalue weighted by Crippen LogP contribution is -2.34. The average molecular weight is 348 g/mol. The van der Waals surface area contributed by atoms with E-state index in [0.29, 0.717) is 12.6 Å². The Hall–Kier alpha value is -1.42. The minimum Gasteiger partial charge on any atom is -0.466 e. The largest absolute Gasteiger partial charge is 0.466 e. The van der Waals surface area contributed by atoms with Gasteiger partial charge in [0, 0.05) is 31.0 Å². The quantitative estimate of drug-likeness (QED) is 0.344. The van der Waals surface area contributed by atoms with Crippen LogP contribution in [0.5, 0.6) is 0 Å². The Labute approximate surface area is 153 Å². The highest BCUT2D eigenvalue weighted by Gasteiger charge is 2.24. The fourth-order valence-corrected chi connectivity index (χ4v) is 3.71. The summed E-state index contributed by atoms with van der Waals surface area (Å²) in [6, 6.07) is 5.09. The Morgan fingerprint density at radius 2 is 1.92 bits per heavy atom. The second-order valence-electron chi connectivity index (χ2n) is 7.33. The predicted molar refractivity (Wildman–Crippen MR) is 100 cm³/mol. The van der Waals surface area contributed by atoms with Crippen molar-refractivity contribution in [2.45, 2.75) is 77.3 Å². The lowest BCUT2D eigenvalue weighted by molar-refractivity contribution is -0.697. The summed E-state index contributed by atoms with van der Waals surface area (Å²) in [5.74, 6) is -0.166. The van der Waals surface area contributed by atoms with E-state index in [-0.39, 0.29) is 5.97 Å². The Balaban J connectivity index is 1.54. The lowest BCUT2D eigenvalue weighted by atomic mass is 10.1. The van der Waals surface area contributed by atoms with E-state index in [1.807, 2.05) is 0 Å². The predicted octanol–water partition coefficient (Wildman–Crippen LogP) is 4.03. The van der Waals surface area contributed by atoms with Crippen LogP contribution in [0.1, 0.15) is 76.3 Å². The number of ether oxygens (including phenoxy) is 1. The fourth-order valence-electron chi connectivity index (χ4n) is 3.71. The van der Waals surface area contributed by atoms with Crippen molar-refractivity contribution in [2.24, 2.45) is 0 Å². The number of carbonyl (C=O) groups is 1. The molecular formula is C21H35N2O2+. The molecule has 2 heterocycles. The molecule has 1 aliphatic rings. The van der Waals surface area contributed by atoms with Gasteiger partial charge >= 0.3 is 5.97 Å².